The van der Waals surface area contributed by atoms with Crippen LogP contribution in [0.5, 0.6) is 0 Å². The van der Waals surface area contributed by atoms with Gasteiger partial charge in [-0.1, -0.05) is 6.07 Å². The number of anilines is 1. The standard InChI is InChI=1S/C16H22N6OS2/c1-20(21-8-2-3-9-21)10-7-14(23)17-12-5-4-6-13(11-12)22-15(24)18-19-16(22)25/h4-6,11H,2-3,7-10H2,1H3,(H,17,23)(H,18,24)(H,19,25). The van der Waals surface area contributed by atoms with E-state index in [1.54, 1.807) is 4.57 Å². The molecular formula is C16H22N6OS2. The third-order valence-corrected chi connectivity index (χ3v) is 4.82. The second-order valence-corrected chi connectivity index (χ2v) is 6.83. The Balaban J connectivity index is 1.59. The molecule has 1 fully saturated rings. The van der Waals surface area contributed by atoms with Crippen LogP contribution in [-0.2, 0) is 4.79 Å². The first kappa shape index (κ1) is 18.2. The number of carbonyl (C=O) groups excluding carboxylic acids is 1. The molecule has 1 saturated heterocycles. The maximum atomic E-state index is 12.2. The number of nitrogens with zero attached hydrogens (tertiary/aromatic N) is 5. The van der Waals surface area contributed by atoms with Crippen LogP contribution in [0.15, 0.2) is 34.6 Å². The van der Waals surface area contributed by atoms with E-state index in [-0.39, 0.29) is 5.91 Å². The largest absolute Gasteiger partial charge is 0.326 e. The summed E-state index contributed by atoms with van der Waals surface area (Å²) in [6.07, 6.45) is 2.90. The smallest absolute Gasteiger partial charge is 0.225 e. The van der Waals surface area contributed by atoms with Gasteiger partial charge in [0.2, 0.25) is 5.91 Å². The summed E-state index contributed by atoms with van der Waals surface area (Å²) in [6.45, 7) is 2.87. The molecule has 3 rings (SSSR count). The number of hydrazine groups is 1. The first-order valence-corrected chi connectivity index (χ1v) is 9.13. The molecule has 0 saturated carbocycles. The Morgan fingerprint density at radius 2 is 1.92 bits per heavy atom. The molecule has 1 amide bonds. The molecule has 0 atom stereocenters. The molecule has 7 nitrogen and oxygen atoms in total. The van der Waals surface area contributed by atoms with Crippen LogP contribution in [0.2, 0.25) is 0 Å². The Morgan fingerprint density at radius 3 is 2.60 bits per heavy atom. The summed E-state index contributed by atoms with van der Waals surface area (Å²) in [7, 11) is 2.04. The highest BCUT2D eigenvalue weighted by atomic mass is 32.1. The minimum Gasteiger partial charge on any atom is -0.326 e. The van der Waals surface area contributed by atoms with Gasteiger partial charge in [-0.25, -0.2) is 10.0 Å². The highest BCUT2D eigenvalue weighted by molar-refractivity contribution is 7.80. The lowest BCUT2D eigenvalue weighted by atomic mass is 10.2. The van der Waals surface area contributed by atoms with Gasteiger partial charge in [-0.3, -0.25) is 9.36 Å². The summed E-state index contributed by atoms with van der Waals surface area (Å²) < 4.78 is 1.70. The molecular weight excluding hydrogens is 356 g/mol. The molecule has 0 bridgehead atoms. The topological polar surface area (TPSA) is 66.3 Å². The monoisotopic (exact) mass is 378 g/mol. The predicted octanol–water partition coefficient (Wildman–Crippen LogP) is 2.12. The molecule has 1 aliphatic heterocycles. The lowest BCUT2D eigenvalue weighted by molar-refractivity contribution is -0.117. The van der Waals surface area contributed by atoms with Gasteiger partial charge >= 0.3 is 0 Å². The van der Waals surface area contributed by atoms with E-state index in [1.165, 1.54) is 12.8 Å². The Bertz CT molecular complexity index is 724. The number of benzene rings is 1. The molecule has 25 heavy (non-hydrogen) atoms. The highest BCUT2D eigenvalue weighted by Crippen LogP contribution is 2.21. The average molecular weight is 379 g/mol. The second kappa shape index (κ2) is 8.22. The van der Waals surface area contributed by atoms with Crippen molar-refractivity contribution in [3.63, 3.8) is 0 Å². The van der Waals surface area contributed by atoms with Crippen LogP contribution in [0.1, 0.15) is 19.3 Å². The first-order valence-electron chi connectivity index (χ1n) is 8.24. The van der Waals surface area contributed by atoms with Crippen molar-refractivity contribution in [2.45, 2.75) is 29.6 Å². The average Bonchev–Trinajstić information content (AvgIpc) is 3.23. The number of nitrogens with one attached hydrogen (secondary N) is 1. The second-order valence-electron chi connectivity index (χ2n) is 6.03. The maximum absolute atomic E-state index is 12.2. The lowest BCUT2D eigenvalue weighted by Gasteiger charge is -2.27. The van der Waals surface area contributed by atoms with Gasteiger partial charge in [0, 0.05) is 38.8 Å². The molecule has 0 spiro atoms. The van der Waals surface area contributed by atoms with E-state index in [0.29, 0.717) is 23.3 Å². The number of hydrogen-bond acceptors (Lipinski definition) is 7. The van der Waals surface area contributed by atoms with E-state index < -0.39 is 0 Å². The van der Waals surface area contributed by atoms with Crippen LogP contribution in [0.4, 0.5) is 5.69 Å². The fraction of sp³-hybridized carbons (Fsp3) is 0.438. The Kier molecular flexibility index (Phi) is 6.00. The number of rotatable bonds is 6. The third-order valence-electron chi connectivity index (χ3n) is 4.24. The van der Waals surface area contributed by atoms with Gasteiger partial charge in [-0.15, -0.1) is 35.5 Å². The van der Waals surface area contributed by atoms with Crippen LogP contribution in [0.3, 0.4) is 0 Å². The van der Waals surface area contributed by atoms with E-state index in [4.69, 9.17) is 0 Å². The summed E-state index contributed by atoms with van der Waals surface area (Å²) in [5.41, 5.74) is 1.52. The number of aromatic nitrogens is 3. The van der Waals surface area contributed by atoms with Crippen molar-refractivity contribution in [1.82, 2.24) is 24.8 Å². The molecule has 134 valence electrons. The van der Waals surface area contributed by atoms with Crippen LogP contribution in [-0.4, -0.2) is 57.4 Å². The Morgan fingerprint density at radius 1 is 1.24 bits per heavy atom. The van der Waals surface area contributed by atoms with Crippen LogP contribution in [0, 0.1) is 0 Å². The van der Waals surface area contributed by atoms with Crippen LogP contribution >= 0.6 is 25.3 Å². The molecule has 1 aliphatic rings. The SMILES string of the molecule is CN(CCC(=O)Nc1cccc(-n2c(S)nnc2S)c1)N1CCCC1. The van der Waals surface area contributed by atoms with Gasteiger partial charge in [-0.2, -0.15) is 0 Å². The molecule has 2 heterocycles. The quantitative estimate of drug-likeness (QED) is 0.672. The van der Waals surface area contributed by atoms with Crippen molar-refractivity contribution in [1.29, 1.82) is 0 Å². The summed E-state index contributed by atoms with van der Waals surface area (Å²) >= 11 is 8.55. The van der Waals surface area contributed by atoms with Crippen molar-refractivity contribution in [3.8, 4) is 5.69 Å². The zero-order valence-corrected chi connectivity index (χ0v) is 15.9. The number of hydrogen-bond donors (Lipinski definition) is 3. The normalized spacial score (nSPS) is 15.0. The minimum absolute atomic E-state index is 0.0100. The van der Waals surface area contributed by atoms with E-state index in [0.717, 1.165) is 24.5 Å². The van der Waals surface area contributed by atoms with E-state index in [1.807, 2.05) is 31.3 Å². The zero-order valence-electron chi connectivity index (χ0n) is 14.1. The predicted molar refractivity (Wildman–Crippen MR) is 103 cm³/mol. The summed E-state index contributed by atoms with van der Waals surface area (Å²) in [5, 5.41) is 16.0. The molecule has 9 heteroatoms. The maximum Gasteiger partial charge on any atom is 0.225 e. The fourth-order valence-electron chi connectivity index (χ4n) is 2.89. The fourth-order valence-corrected chi connectivity index (χ4v) is 3.48. The van der Waals surface area contributed by atoms with Crippen LogP contribution in [0.25, 0.3) is 5.69 Å². The first-order chi connectivity index (χ1) is 12.0. The molecule has 0 radical (unpaired) electrons. The van der Waals surface area contributed by atoms with Crippen molar-refractivity contribution in [2.75, 3.05) is 32.0 Å². The Labute approximate surface area is 158 Å². The number of carbonyl (C=O) groups is 1. The molecule has 2 aromatic rings. The van der Waals surface area contributed by atoms with Gasteiger partial charge in [0.1, 0.15) is 0 Å². The van der Waals surface area contributed by atoms with E-state index >= 15 is 0 Å². The molecule has 0 unspecified atom stereocenters. The summed E-state index contributed by atoms with van der Waals surface area (Å²) in [5.74, 6) is -0.0100. The minimum atomic E-state index is -0.0100. The van der Waals surface area contributed by atoms with Crippen LogP contribution < -0.4 is 5.32 Å². The van der Waals surface area contributed by atoms with Gasteiger partial charge in [-0.05, 0) is 31.0 Å². The number of amides is 1. The van der Waals surface area contributed by atoms with Gasteiger partial charge in [0.05, 0.1) is 5.69 Å². The zero-order chi connectivity index (χ0) is 17.8. The van der Waals surface area contributed by atoms with Gasteiger partial charge in [0.15, 0.2) is 10.3 Å². The third kappa shape index (κ3) is 4.55. The van der Waals surface area contributed by atoms with Crippen molar-refractivity contribution in [2.24, 2.45) is 0 Å². The van der Waals surface area contributed by atoms with E-state index in [9.17, 15) is 4.79 Å². The molecule has 1 N–H and O–H groups in total. The molecule has 1 aromatic heterocycles. The molecule has 0 aliphatic carbocycles. The van der Waals surface area contributed by atoms with Gasteiger partial charge < -0.3 is 5.32 Å². The van der Waals surface area contributed by atoms with Crippen molar-refractivity contribution < 1.29 is 4.79 Å². The Hall–Kier alpha value is -1.55. The lowest BCUT2D eigenvalue weighted by Crippen LogP contribution is -2.39. The van der Waals surface area contributed by atoms with Crippen molar-refractivity contribution >= 4 is 36.9 Å². The van der Waals surface area contributed by atoms with Gasteiger partial charge in [0.25, 0.3) is 0 Å². The molecule has 1 aromatic carbocycles. The summed E-state index contributed by atoms with van der Waals surface area (Å²) in [4.78, 5) is 12.2. The van der Waals surface area contributed by atoms with E-state index in [2.05, 4.69) is 50.8 Å². The van der Waals surface area contributed by atoms with Crippen molar-refractivity contribution in [3.05, 3.63) is 24.3 Å². The summed E-state index contributed by atoms with van der Waals surface area (Å²) in [6, 6.07) is 7.46. The highest BCUT2D eigenvalue weighted by Gasteiger charge is 2.17. The number of thiol groups is 2.